The molecule has 0 bridgehead atoms. The normalized spacial score (nSPS) is 12.0. The number of benzene rings is 1. The summed E-state index contributed by atoms with van der Waals surface area (Å²) in [6, 6.07) is 5.21. The van der Waals surface area contributed by atoms with Crippen molar-refractivity contribution < 1.29 is 13.2 Å². The number of rotatable bonds is 1. The first-order valence-electron chi connectivity index (χ1n) is 4.52. The minimum atomic E-state index is -4.33. The zero-order valence-corrected chi connectivity index (χ0v) is 8.81. The predicted octanol–water partition coefficient (Wildman–Crippen LogP) is 3.99. The lowest BCUT2D eigenvalue weighted by Crippen LogP contribution is -2.04. The Morgan fingerprint density at radius 2 is 1.94 bits per heavy atom. The summed E-state index contributed by atoms with van der Waals surface area (Å²) in [5, 5.41) is 0.658. The van der Waals surface area contributed by atoms with Crippen LogP contribution in [0.1, 0.15) is 11.1 Å². The van der Waals surface area contributed by atoms with E-state index in [2.05, 4.69) is 4.98 Å². The van der Waals surface area contributed by atoms with E-state index in [1.54, 1.807) is 6.07 Å². The van der Waals surface area contributed by atoms with Crippen molar-refractivity contribution in [2.24, 2.45) is 0 Å². The standard InChI is InChI=1S/C11H7ClF3N/c12-5-7-3-8-1-2-9(11(13,14)15)4-10(8)16-6-7/h1-4,6H,5H2. The first kappa shape index (κ1) is 11.2. The zero-order chi connectivity index (χ0) is 11.8. The molecule has 84 valence electrons. The fraction of sp³-hybridized carbons (Fsp3) is 0.182. The topological polar surface area (TPSA) is 12.9 Å². The molecule has 1 nitrogen and oxygen atoms in total. The van der Waals surface area contributed by atoms with Crippen LogP contribution in [0.2, 0.25) is 0 Å². The molecular formula is C11H7ClF3N. The van der Waals surface area contributed by atoms with E-state index in [-0.39, 0.29) is 0 Å². The summed E-state index contributed by atoms with van der Waals surface area (Å²) in [5.74, 6) is 0.296. The lowest BCUT2D eigenvalue weighted by molar-refractivity contribution is -0.137. The van der Waals surface area contributed by atoms with Crippen molar-refractivity contribution >= 4 is 22.5 Å². The number of hydrogen-bond donors (Lipinski definition) is 0. The summed E-state index contributed by atoms with van der Waals surface area (Å²) in [4.78, 5) is 3.94. The van der Waals surface area contributed by atoms with Gasteiger partial charge in [0.2, 0.25) is 0 Å². The Bertz CT molecular complexity index is 522. The summed E-state index contributed by atoms with van der Waals surface area (Å²) in [5.41, 5.74) is 0.420. The molecule has 0 radical (unpaired) electrons. The number of nitrogens with zero attached hydrogens (tertiary/aromatic N) is 1. The van der Waals surface area contributed by atoms with Crippen LogP contribution in [0.25, 0.3) is 10.9 Å². The highest BCUT2D eigenvalue weighted by atomic mass is 35.5. The molecule has 1 aromatic carbocycles. The van der Waals surface area contributed by atoms with Crippen molar-refractivity contribution in [3.05, 3.63) is 41.6 Å². The van der Waals surface area contributed by atoms with E-state index in [0.717, 1.165) is 17.7 Å². The van der Waals surface area contributed by atoms with E-state index in [4.69, 9.17) is 11.6 Å². The Hall–Kier alpha value is -1.29. The molecule has 2 rings (SSSR count). The van der Waals surface area contributed by atoms with E-state index in [9.17, 15) is 13.2 Å². The third-order valence-corrected chi connectivity index (χ3v) is 2.53. The average Bonchev–Trinajstić information content (AvgIpc) is 2.26. The van der Waals surface area contributed by atoms with Gasteiger partial charge < -0.3 is 0 Å². The lowest BCUT2D eigenvalue weighted by Gasteiger charge is -2.07. The van der Waals surface area contributed by atoms with E-state index in [1.807, 2.05) is 0 Å². The Labute approximate surface area is 94.9 Å². The molecule has 1 heterocycles. The van der Waals surface area contributed by atoms with Crippen LogP contribution in [0, 0.1) is 0 Å². The smallest absolute Gasteiger partial charge is 0.256 e. The Balaban J connectivity index is 2.56. The summed E-state index contributed by atoms with van der Waals surface area (Å²) < 4.78 is 37.2. The van der Waals surface area contributed by atoms with E-state index >= 15 is 0 Å². The number of alkyl halides is 4. The van der Waals surface area contributed by atoms with Crippen LogP contribution in [0.15, 0.2) is 30.5 Å². The minimum Gasteiger partial charge on any atom is -0.256 e. The van der Waals surface area contributed by atoms with Gasteiger partial charge in [-0.2, -0.15) is 13.2 Å². The van der Waals surface area contributed by atoms with Crippen LogP contribution in [0.3, 0.4) is 0 Å². The number of aromatic nitrogens is 1. The van der Waals surface area contributed by atoms with Gasteiger partial charge in [-0.1, -0.05) is 6.07 Å². The van der Waals surface area contributed by atoms with Crippen LogP contribution in [-0.2, 0) is 12.1 Å². The van der Waals surface area contributed by atoms with Crippen LogP contribution < -0.4 is 0 Å². The average molecular weight is 246 g/mol. The van der Waals surface area contributed by atoms with Gasteiger partial charge in [-0.15, -0.1) is 11.6 Å². The molecule has 16 heavy (non-hydrogen) atoms. The Morgan fingerprint density at radius 3 is 2.56 bits per heavy atom. The number of hydrogen-bond acceptors (Lipinski definition) is 1. The highest BCUT2D eigenvalue weighted by Crippen LogP contribution is 2.31. The van der Waals surface area contributed by atoms with Crippen LogP contribution in [-0.4, -0.2) is 4.98 Å². The molecule has 0 unspecified atom stereocenters. The van der Waals surface area contributed by atoms with Gasteiger partial charge >= 0.3 is 6.18 Å². The van der Waals surface area contributed by atoms with Crippen molar-refractivity contribution in [1.82, 2.24) is 4.98 Å². The van der Waals surface area contributed by atoms with Crippen LogP contribution >= 0.6 is 11.6 Å². The Kier molecular flexibility index (Phi) is 2.76. The second-order valence-electron chi connectivity index (χ2n) is 3.38. The van der Waals surface area contributed by atoms with E-state index in [1.165, 1.54) is 12.3 Å². The van der Waals surface area contributed by atoms with Gasteiger partial charge in [0.1, 0.15) is 0 Å². The molecule has 2 aromatic rings. The second-order valence-corrected chi connectivity index (χ2v) is 3.65. The van der Waals surface area contributed by atoms with E-state index in [0.29, 0.717) is 16.8 Å². The van der Waals surface area contributed by atoms with Gasteiger partial charge in [-0.3, -0.25) is 4.98 Å². The van der Waals surface area contributed by atoms with Gasteiger partial charge in [0.15, 0.2) is 0 Å². The van der Waals surface area contributed by atoms with Crippen LogP contribution in [0.5, 0.6) is 0 Å². The highest BCUT2D eigenvalue weighted by molar-refractivity contribution is 6.17. The van der Waals surface area contributed by atoms with Crippen molar-refractivity contribution in [1.29, 1.82) is 0 Å². The Morgan fingerprint density at radius 1 is 1.19 bits per heavy atom. The molecular weight excluding hydrogens is 239 g/mol. The summed E-state index contributed by atoms with van der Waals surface area (Å²) in [7, 11) is 0. The van der Waals surface area contributed by atoms with Crippen molar-refractivity contribution in [2.45, 2.75) is 12.1 Å². The fourth-order valence-corrected chi connectivity index (χ4v) is 1.56. The highest BCUT2D eigenvalue weighted by Gasteiger charge is 2.30. The van der Waals surface area contributed by atoms with Gasteiger partial charge in [0, 0.05) is 17.5 Å². The van der Waals surface area contributed by atoms with Crippen molar-refractivity contribution in [2.75, 3.05) is 0 Å². The lowest BCUT2D eigenvalue weighted by atomic mass is 10.1. The van der Waals surface area contributed by atoms with Gasteiger partial charge in [0.25, 0.3) is 0 Å². The quantitative estimate of drug-likeness (QED) is 0.692. The SMILES string of the molecule is FC(F)(F)c1ccc2cc(CCl)cnc2c1. The molecule has 0 atom stereocenters. The monoisotopic (exact) mass is 245 g/mol. The van der Waals surface area contributed by atoms with Crippen molar-refractivity contribution in [3.63, 3.8) is 0 Å². The number of fused-ring (bicyclic) bond motifs is 1. The summed E-state index contributed by atoms with van der Waals surface area (Å²) >= 11 is 5.61. The molecule has 0 spiro atoms. The first-order chi connectivity index (χ1) is 7.50. The molecule has 0 saturated carbocycles. The largest absolute Gasteiger partial charge is 0.416 e. The molecule has 0 aliphatic carbocycles. The van der Waals surface area contributed by atoms with Crippen molar-refractivity contribution in [3.8, 4) is 0 Å². The maximum Gasteiger partial charge on any atom is 0.416 e. The molecule has 0 N–H and O–H groups in total. The third kappa shape index (κ3) is 2.11. The van der Waals surface area contributed by atoms with Gasteiger partial charge in [-0.05, 0) is 23.8 Å². The number of pyridine rings is 1. The molecule has 0 amide bonds. The molecule has 0 aliphatic rings. The molecule has 0 aliphatic heterocycles. The van der Waals surface area contributed by atoms with Crippen LogP contribution in [0.4, 0.5) is 13.2 Å². The molecule has 0 fully saturated rings. The zero-order valence-electron chi connectivity index (χ0n) is 8.05. The summed E-state index contributed by atoms with van der Waals surface area (Å²) in [6.45, 7) is 0. The second kappa shape index (κ2) is 3.94. The minimum absolute atomic E-state index is 0.296. The molecule has 5 heteroatoms. The molecule has 1 aromatic heterocycles. The maximum atomic E-state index is 12.4. The summed E-state index contributed by atoms with van der Waals surface area (Å²) in [6.07, 6.45) is -2.85. The maximum absolute atomic E-state index is 12.4. The van der Waals surface area contributed by atoms with E-state index < -0.39 is 11.7 Å². The first-order valence-corrected chi connectivity index (χ1v) is 5.06. The fourth-order valence-electron chi connectivity index (χ4n) is 1.42. The number of halogens is 4. The molecule has 0 saturated heterocycles. The predicted molar refractivity (Wildman–Crippen MR) is 56.3 cm³/mol. The van der Waals surface area contributed by atoms with Gasteiger partial charge in [-0.25, -0.2) is 0 Å². The third-order valence-electron chi connectivity index (χ3n) is 2.22. The van der Waals surface area contributed by atoms with Gasteiger partial charge in [0.05, 0.1) is 11.1 Å².